The molecule has 2 fully saturated rings. The molecule has 1 saturated carbocycles. The van der Waals surface area contributed by atoms with E-state index in [2.05, 4.69) is 5.32 Å². The molecule has 5 nitrogen and oxygen atoms in total. The van der Waals surface area contributed by atoms with Crippen LogP contribution in [-0.2, 0) is 11.3 Å². The van der Waals surface area contributed by atoms with Crippen LogP contribution in [0, 0.1) is 5.92 Å². The number of imide groups is 1. The maximum Gasteiger partial charge on any atom is 0.325 e. The van der Waals surface area contributed by atoms with Crippen LogP contribution in [0.1, 0.15) is 30.6 Å². The van der Waals surface area contributed by atoms with Gasteiger partial charge in [0.2, 0.25) is 0 Å². The molecule has 3 N–H and O–H groups in total. The van der Waals surface area contributed by atoms with E-state index in [1.165, 1.54) is 4.90 Å². The maximum atomic E-state index is 12.8. The van der Waals surface area contributed by atoms with Gasteiger partial charge in [-0.2, -0.15) is 0 Å². The Morgan fingerprint density at radius 2 is 2.30 bits per heavy atom. The molecular weight excluding hydrogens is 274 g/mol. The lowest BCUT2D eigenvalue weighted by atomic mass is 9.72. The molecule has 2 atom stereocenters. The summed E-state index contributed by atoms with van der Waals surface area (Å²) in [5.74, 6) is -0.0351. The molecule has 6 heteroatoms. The molecule has 1 aliphatic heterocycles. The molecule has 1 aromatic heterocycles. The Hall–Kier alpha value is -1.40. The van der Waals surface area contributed by atoms with Gasteiger partial charge in [0.1, 0.15) is 5.54 Å². The lowest BCUT2D eigenvalue weighted by Crippen LogP contribution is -2.56. The van der Waals surface area contributed by atoms with Gasteiger partial charge in [-0.05, 0) is 30.8 Å². The van der Waals surface area contributed by atoms with Crippen molar-refractivity contribution in [2.24, 2.45) is 11.7 Å². The van der Waals surface area contributed by atoms with Crippen LogP contribution < -0.4 is 11.1 Å². The zero-order valence-electron chi connectivity index (χ0n) is 11.3. The number of nitrogens with two attached hydrogens (primary N) is 1. The Balaban J connectivity index is 1.85. The first kappa shape index (κ1) is 13.6. The summed E-state index contributed by atoms with van der Waals surface area (Å²) in [6, 6.07) is 3.60. The predicted octanol–water partition coefficient (Wildman–Crippen LogP) is 1.69. The second-order valence-corrected chi connectivity index (χ2v) is 6.58. The van der Waals surface area contributed by atoms with Crippen LogP contribution in [0.5, 0.6) is 0 Å². The maximum absolute atomic E-state index is 12.8. The minimum atomic E-state index is -0.749. The van der Waals surface area contributed by atoms with Crippen molar-refractivity contribution in [2.75, 3.05) is 6.54 Å². The van der Waals surface area contributed by atoms with Crippen molar-refractivity contribution in [1.29, 1.82) is 0 Å². The molecular formula is C14H19N3O2S. The van der Waals surface area contributed by atoms with E-state index in [0.717, 1.165) is 24.1 Å². The SMILES string of the molecule is NCC1CCCCC12NC(=O)N(Cc1cccs1)C2=O. The van der Waals surface area contributed by atoms with Crippen LogP contribution >= 0.6 is 11.3 Å². The minimum absolute atomic E-state index is 0.0565. The summed E-state index contributed by atoms with van der Waals surface area (Å²) in [7, 11) is 0. The van der Waals surface area contributed by atoms with E-state index in [9.17, 15) is 9.59 Å². The first-order valence-electron chi connectivity index (χ1n) is 7.04. The monoisotopic (exact) mass is 293 g/mol. The molecule has 20 heavy (non-hydrogen) atoms. The average Bonchev–Trinajstić information content (AvgIpc) is 3.04. The van der Waals surface area contributed by atoms with E-state index in [-0.39, 0.29) is 17.9 Å². The highest BCUT2D eigenvalue weighted by molar-refractivity contribution is 7.09. The molecule has 0 aromatic carbocycles. The minimum Gasteiger partial charge on any atom is -0.330 e. The third-order valence-electron chi connectivity index (χ3n) is 4.45. The van der Waals surface area contributed by atoms with Crippen LogP contribution in [0.4, 0.5) is 4.79 Å². The summed E-state index contributed by atoms with van der Waals surface area (Å²) in [6.07, 6.45) is 3.67. The molecule has 0 bridgehead atoms. The van der Waals surface area contributed by atoms with Crippen molar-refractivity contribution in [1.82, 2.24) is 10.2 Å². The number of nitrogens with one attached hydrogen (secondary N) is 1. The number of carbonyl (C=O) groups excluding carboxylic acids is 2. The fourth-order valence-electron chi connectivity index (χ4n) is 3.36. The van der Waals surface area contributed by atoms with E-state index in [0.29, 0.717) is 19.5 Å². The number of carbonyl (C=O) groups is 2. The highest BCUT2D eigenvalue weighted by Crippen LogP contribution is 2.38. The van der Waals surface area contributed by atoms with Gasteiger partial charge >= 0.3 is 6.03 Å². The quantitative estimate of drug-likeness (QED) is 0.833. The number of rotatable bonds is 3. The van der Waals surface area contributed by atoms with Crippen molar-refractivity contribution in [2.45, 2.75) is 37.8 Å². The van der Waals surface area contributed by atoms with Crippen molar-refractivity contribution in [3.8, 4) is 0 Å². The normalized spacial score (nSPS) is 30.1. The number of nitrogens with zero attached hydrogens (tertiary/aromatic N) is 1. The topological polar surface area (TPSA) is 75.4 Å². The molecule has 3 amide bonds. The summed E-state index contributed by atoms with van der Waals surface area (Å²) in [6.45, 7) is 0.806. The predicted molar refractivity (Wildman–Crippen MR) is 77.1 cm³/mol. The smallest absolute Gasteiger partial charge is 0.325 e. The molecule has 1 saturated heterocycles. The number of thiophene rings is 1. The lowest BCUT2D eigenvalue weighted by molar-refractivity contribution is -0.134. The third-order valence-corrected chi connectivity index (χ3v) is 5.31. The molecule has 1 aliphatic carbocycles. The Labute approximate surface area is 122 Å². The molecule has 2 aliphatic rings. The fourth-order valence-corrected chi connectivity index (χ4v) is 4.05. The van der Waals surface area contributed by atoms with Crippen LogP contribution in [0.2, 0.25) is 0 Å². The highest BCUT2D eigenvalue weighted by atomic mass is 32.1. The Morgan fingerprint density at radius 3 is 3.00 bits per heavy atom. The Kier molecular flexibility index (Phi) is 3.52. The number of hydrogen-bond acceptors (Lipinski definition) is 4. The van der Waals surface area contributed by atoms with E-state index in [1.54, 1.807) is 11.3 Å². The lowest BCUT2D eigenvalue weighted by Gasteiger charge is -2.38. The molecule has 1 spiro atoms. The van der Waals surface area contributed by atoms with Crippen LogP contribution in [0.25, 0.3) is 0 Å². The van der Waals surface area contributed by atoms with Gasteiger partial charge in [-0.1, -0.05) is 18.9 Å². The third kappa shape index (κ3) is 2.03. The van der Waals surface area contributed by atoms with Crippen LogP contribution in [0.3, 0.4) is 0 Å². The average molecular weight is 293 g/mol. The zero-order valence-corrected chi connectivity index (χ0v) is 12.1. The summed E-state index contributed by atoms with van der Waals surface area (Å²) in [5, 5.41) is 4.90. The molecule has 0 radical (unpaired) electrons. The first-order chi connectivity index (χ1) is 9.67. The van der Waals surface area contributed by atoms with Crippen LogP contribution in [-0.4, -0.2) is 28.9 Å². The zero-order chi connectivity index (χ0) is 14.2. The number of urea groups is 1. The van der Waals surface area contributed by atoms with Crippen LogP contribution in [0.15, 0.2) is 17.5 Å². The van der Waals surface area contributed by atoms with Crippen molar-refractivity contribution in [3.05, 3.63) is 22.4 Å². The summed E-state index contributed by atoms with van der Waals surface area (Å²) >= 11 is 1.56. The summed E-state index contributed by atoms with van der Waals surface area (Å²) in [5.41, 5.74) is 5.08. The number of amides is 3. The van der Waals surface area contributed by atoms with E-state index in [1.807, 2.05) is 17.5 Å². The summed E-state index contributed by atoms with van der Waals surface area (Å²) < 4.78 is 0. The van der Waals surface area contributed by atoms with Gasteiger partial charge in [-0.3, -0.25) is 9.69 Å². The Morgan fingerprint density at radius 1 is 1.45 bits per heavy atom. The summed E-state index contributed by atoms with van der Waals surface area (Å²) in [4.78, 5) is 27.3. The molecule has 2 heterocycles. The molecule has 1 aromatic rings. The van der Waals surface area contributed by atoms with Gasteiger partial charge < -0.3 is 11.1 Å². The van der Waals surface area contributed by atoms with Gasteiger partial charge in [0.15, 0.2) is 0 Å². The number of hydrogen-bond donors (Lipinski definition) is 2. The van der Waals surface area contributed by atoms with Crippen molar-refractivity contribution >= 4 is 23.3 Å². The van der Waals surface area contributed by atoms with E-state index < -0.39 is 5.54 Å². The largest absolute Gasteiger partial charge is 0.330 e. The van der Waals surface area contributed by atoms with Gasteiger partial charge in [0.25, 0.3) is 5.91 Å². The van der Waals surface area contributed by atoms with Gasteiger partial charge in [-0.15, -0.1) is 11.3 Å². The van der Waals surface area contributed by atoms with Gasteiger partial charge in [-0.25, -0.2) is 4.79 Å². The fraction of sp³-hybridized carbons (Fsp3) is 0.571. The molecule has 108 valence electrons. The van der Waals surface area contributed by atoms with E-state index >= 15 is 0 Å². The molecule has 3 rings (SSSR count). The molecule has 2 unspecified atom stereocenters. The van der Waals surface area contributed by atoms with Gasteiger partial charge in [0, 0.05) is 10.8 Å². The second-order valence-electron chi connectivity index (χ2n) is 5.55. The standard InChI is InChI=1S/C14H19N3O2S/c15-8-10-4-1-2-6-14(10)12(18)17(13(19)16-14)9-11-5-3-7-20-11/h3,5,7,10H,1-2,4,6,8-9,15H2,(H,16,19). The Bertz CT molecular complexity index is 516. The first-order valence-corrected chi connectivity index (χ1v) is 7.92. The van der Waals surface area contributed by atoms with Crippen molar-refractivity contribution in [3.63, 3.8) is 0 Å². The highest BCUT2D eigenvalue weighted by Gasteiger charge is 2.55. The van der Waals surface area contributed by atoms with E-state index in [4.69, 9.17) is 5.73 Å². The van der Waals surface area contributed by atoms with Gasteiger partial charge in [0.05, 0.1) is 6.54 Å². The van der Waals surface area contributed by atoms with Crippen molar-refractivity contribution < 1.29 is 9.59 Å². The second kappa shape index (κ2) is 5.18.